The van der Waals surface area contributed by atoms with E-state index in [9.17, 15) is 0 Å². The first-order valence-corrected chi connectivity index (χ1v) is 6.46. The smallest absolute Gasteiger partial charge is 0.181 e. The van der Waals surface area contributed by atoms with Gasteiger partial charge in [-0.2, -0.15) is 0 Å². The lowest BCUT2D eigenvalue weighted by Crippen LogP contribution is -1.93. The largest absolute Gasteiger partial charge is 0.493 e. The normalized spacial score (nSPS) is 14.4. The highest BCUT2D eigenvalue weighted by molar-refractivity contribution is 5.64. The van der Waals surface area contributed by atoms with E-state index < -0.39 is 0 Å². The van der Waals surface area contributed by atoms with Gasteiger partial charge in [0.05, 0.1) is 19.9 Å². The molecule has 1 heterocycles. The molecule has 3 rings (SSSR count). The van der Waals surface area contributed by atoms with Crippen molar-refractivity contribution in [2.24, 2.45) is 5.92 Å². The van der Waals surface area contributed by atoms with Gasteiger partial charge in [-0.05, 0) is 43.4 Å². The Morgan fingerprint density at radius 1 is 1.21 bits per heavy atom. The molecule has 19 heavy (non-hydrogen) atoms. The van der Waals surface area contributed by atoms with Crippen molar-refractivity contribution in [2.45, 2.75) is 19.3 Å². The van der Waals surface area contributed by atoms with Crippen LogP contribution in [-0.2, 0) is 6.42 Å². The molecule has 0 spiro atoms. The minimum Gasteiger partial charge on any atom is -0.493 e. The summed E-state index contributed by atoms with van der Waals surface area (Å²) in [6.07, 6.45) is 5.13. The highest BCUT2D eigenvalue weighted by atomic mass is 16.5. The quantitative estimate of drug-likeness (QED) is 0.826. The third-order valence-corrected chi connectivity index (χ3v) is 3.47. The molecule has 0 bridgehead atoms. The summed E-state index contributed by atoms with van der Waals surface area (Å²) in [6, 6.07) is 5.78. The number of hydrogen-bond acceptors (Lipinski definition) is 4. The summed E-state index contributed by atoms with van der Waals surface area (Å²) in [5.41, 5.74) is 2.01. The molecule has 0 N–H and O–H groups in total. The van der Waals surface area contributed by atoms with Crippen LogP contribution in [0, 0.1) is 5.92 Å². The van der Waals surface area contributed by atoms with Crippen molar-refractivity contribution in [3.63, 3.8) is 0 Å². The van der Waals surface area contributed by atoms with Gasteiger partial charge in [-0.1, -0.05) is 0 Å². The van der Waals surface area contributed by atoms with E-state index in [4.69, 9.17) is 13.9 Å². The van der Waals surface area contributed by atoms with Crippen LogP contribution < -0.4 is 9.47 Å². The van der Waals surface area contributed by atoms with Gasteiger partial charge in [-0.15, -0.1) is 0 Å². The Morgan fingerprint density at radius 2 is 2.00 bits per heavy atom. The summed E-state index contributed by atoms with van der Waals surface area (Å²) in [4.78, 5) is 4.33. The van der Waals surface area contributed by atoms with Crippen molar-refractivity contribution in [3.05, 3.63) is 30.3 Å². The van der Waals surface area contributed by atoms with Crippen LogP contribution in [0.2, 0.25) is 0 Å². The second-order valence-corrected chi connectivity index (χ2v) is 4.85. The minimum atomic E-state index is 0.703. The minimum absolute atomic E-state index is 0.703. The SMILES string of the molecule is COc1ccc(-c2ocnc2CC2CC2)cc1OC. The monoisotopic (exact) mass is 259 g/mol. The molecule has 0 amide bonds. The van der Waals surface area contributed by atoms with Crippen LogP contribution in [0.5, 0.6) is 11.5 Å². The third kappa shape index (κ3) is 2.43. The lowest BCUT2D eigenvalue weighted by molar-refractivity contribution is 0.355. The lowest BCUT2D eigenvalue weighted by atomic mass is 10.1. The average Bonchev–Trinajstić information content (AvgIpc) is 3.14. The van der Waals surface area contributed by atoms with Crippen LogP contribution in [-0.4, -0.2) is 19.2 Å². The van der Waals surface area contributed by atoms with Crippen molar-refractivity contribution >= 4 is 0 Å². The topological polar surface area (TPSA) is 44.5 Å². The second kappa shape index (κ2) is 4.96. The van der Waals surface area contributed by atoms with Crippen LogP contribution in [0.15, 0.2) is 29.0 Å². The van der Waals surface area contributed by atoms with Gasteiger partial charge in [-0.3, -0.25) is 0 Å². The summed E-state index contributed by atoms with van der Waals surface area (Å²) in [5.74, 6) is 3.04. The number of ether oxygens (including phenoxy) is 2. The van der Waals surface area contributed by atoms with Crippen LogP contribution in [0.4, 0.5) is 0 Å². The predicted octanol–water partition coefficient (Wildman–Crippen LogP) is 3.31. The lowest BCUT2D eigenvalue weighted by Gasteiger charge is -2.09. The van der Waals surface area contributed by atoms with Crippen molar-refractivity contribution in [2.75, 3.05) is 14.2 Å². The zero-order chi connectivity index (χ0) is 13.2. The molecule has 1 aromatic heterocycles. The first kappa shape index (κ1) is 12.1. The first-order chi connectivity index (χ1) is 9.31. The van der Waals surface area contributed by atoms with E-state index in [1.54, 1.807) is 14.2 Å². The number of oxazole rings is 1. The third-order valence-electron chi connectivity index (χ3n) is 3.47. The maximum Gasteiger partial charge on any atom is 0.181 e. The molecule has 1 aliphatic rings. The second-order valence-electron chi connectivity index (χ2n) is 4.85. The van der Waals surface area contributed by atoms with E-state index >= 15 is 0 Å². The summed E-state index contributed by atoms with van der Waals surface area (Å²) in [5, 5.41) is 0. The maximum atomic E-state index is 5.54. The van der Waals surface area contributed by atoms with Crippen molar-refractivity contribution in [3.8, 4) is 22.8 Å². The van der Waals surface area contributed by atoms with Crippen LogP contribution in [0.25, 0.3) is 11.3 Å². The Labute approximate surface area is 112 Å². The van der Waals surface area contributed by atoms with E-state index in [1.807, 2.05) is 18.2 Å². The van der Waals surface area contributed by atoms with Gasteiger partial charge in [0.25, 0.3) is 0 Å². The molecule has 100 valence electrons. The number of nitrogens with zero attached hydrogens (tertiary/aromatic N) is 1. The highest BCUT2D eigenvalue weighted by Gasteiger charge is 2.25. The first-order valence-electron chi connectivity index (χ1n) is 6.46. The molecule has 0 aliphatic heterocycles. The molecule has 0 atom stereocenters. The molecule has 1 saturated carbocycles. The van der Waals surface area contributed by atoms with Gasteiger partial charge in [0.15, 0.2) is 23.7 Å². The van der Waals surface area contributed by atoms with E-state index in [0.717, 1.165) is 35.1 Å². The van der Waals surface area contributed by atoms with Gasteiger partial charge in [-0.25, -0.2) is 4.98 Å². The summed E-state index contributed by atoms with van der Waals surface area (Å²) in [6.45, 7) is 0. The Balaban J connectivity index is 1.94. The molecule has 1 aliphatic carbocycles. The van der Waals surface area contributed by atoms with Crippen LogP contribution in [0.1, 0.15) is 18.5 Å². The summed E-state index contributed by atoms with van der Waals surface area (Å²) >= 11 is 0. The fourth-order valence-electron chi connectivity index (χ4n) is 2.22. The van der Waals surface area contributed by atoms with Crippen molar-refractivity contribution in [1.82, 2.24) is 4.98 Å². The Bertz CT molecular complexity index is 573. The van der Waals surface area contributed by atoms with E-state index in [-0.39, 0.29) is 0 Å². The highest BCUT2D eigenvalue weighted by Crippen LogP contribution is 2.37. The van der Waals surface area contributed by atoms with Gasteiger partial charge >= 0.3 is 0 Å². The zero-order valence-electron chi connectivity index (χ0n) is 11.2. The number of methoxy groups -OCH3 is 2. The van der Waals surface area contributed by atoms with Gasteiger partial charge in [0, 0.05) is 5.56 Å². The van der Waals surface area contributed by atoms with Crippen LogP contribution >= 0.6 is 0 Å². The Hall–Kier alpha value is -1.97. The van der Waals surface area contributed by atoms with Crippen molar-refractivity contribution in [1.29, 1.82) is 0 Å². The molecule has 0 saturated heterocycles. The fourth-order valence-corrected chi connectivity index (χ4v) is 2.22. The molecule has 4 nitrogen and oxygen atoms in total. The van der Waals surface area contributed by atoms with E-state index in [0.29, 0.717) is 5.75 Å². The molecular weight excluding hydrogens is 242 g/mol. The molecule has 1 aromatic carbocycles. The van der Waals surface area contributed by atoms with Gasteiger partial charge in [0.1, 0.15) is 0 Å². The number of benzene rings is 1. The van der Waals surface area contributed by atoms with Crippen LogP contribution in [0.3, 0.4) is 0 Å². The molecule has 0 radical (unpaired) electrons. The number of aromatic nitrogens is 1. The maximum absolute atomic E-state index is 5.54. The molecular formula is C15H17NO3. The average molecular weight is 259 g/mol. The van der Waals surface area contributed by atoms with E-state index in [1.165, 1.54) is 19.2 Å². The van der Waals surface area contributed by atoms with Gasteiger partial charge < -0.3 is 13.9 Å². The fraction of sp³-hybridized carbons (Fsp3) is 0.400. The number of hydrogen-bond donors (Lipinski definition) is 0. The Morgan fingerprint density at radius 3 is 2.68 bits per heavy atom. The molecule has 4 heteroatoms. The molecule has 2 aromatic rings. The summed E-state index contributed by atoms with van der Waals surface area (Å²) < 4.78 is 16.1. The van der Waals surface area contributed by atoms with Crippen molar-refractivity contribution < 1.29 is 13.9 Å². The molecule has 0 unspecified atom stereocenters. The summed E-state index contributed by atoms with van der Waals surface area (Å²) in [7, 11) is 3.26. The zero-order valence-corrected chi connectivity index (χ0v) is 11.2. The van der Waals surface area contributed by atoms with E-state index in [2.05, 4.69) is 4.98 Å². The standard InChI is InChI=1S/C15H17NO3/c1-17-13-6-5-11(8-14(13)18-2)15-12(16-9-19-15)7-10-3-4-10/h5-6,8-10H,3-4,7H2,1-2H3. The Kier molecular flexibility index (Phi) is 3.15. The number of rotatable bonds is 5. The molecule has 1 fully saturated rings. The van der Waals surface area contributed by atoms with Gasteiger partial charge in [0.2, 0.25) is 0 Å². The predicted molar refractivity (Wildman–Crippen MR) is 71.5 cm³/mol.